The standard InChI is InChI=1S/C16H17F3N2O3/c1-24-11-4-5-12-13(7-11)21(15(23)14(12)22)9-20-6-2-3-10(8-20)16(17,18)19/h4-5,7,10H,2-3,6,8-9H2,1H3/t10-/m0/s1. The van der Waals surface area contributed by atoms with Crippen molar-refractivity contribution in [3.63, 3.8) is 0 Å². The number of ketones is 1. The number of rotatable bonds is 3. The lowest BCUT2D eigenvalue weighted by Gasteiger charge is -2.35. The van der Waals surface area contributed by atoms with E-state index in [1.54, 1.807) is 17.0 Å². The summed E-state index contributed by atoms with van der Waals surface area (Å²) in [7, 11) is 1.46. The van der Waals surface area contributed by atoms with Gasteiger partial charge in [0.25, 0.3) is 5.78 Å². The highest BCUT2D eigenvalue weighted by molar-refractivity contribution is 6.52. The molecule has 2 heterocycles. The molecule has 1 atom stereocenters. The molecule has 1 aromatic rings. The quantitative estimate of drug-likeness (QED) is 0.792. The topological polar surface area (TPSA) is 49.9 Å². The number of Topliss-reactive ketones (excluding diaryl/α,β-unsaturated/α-hetero) is 1. The van der Waals surface area contributed by atoms with Crippen LogP contribution in [0.2, 0.25) is 0 Å². The van der Waals surface area contributed by atoms with E-state index in [-0.39, 0.29) is 25.2 Å². The number of alkyl halides is 3. The van der Waals surface area contributed by atoms with Gasteiger partial charge >= 0.3 is 12.1 Å². The first kappa shape index (κ1) is 16.8. The number of hydrogen-bond donors (Lipinski definition) is 0. The molecule has 0 bridgehead atoms. The van der Waals surface area contributed by atoms with Crippen LogP contribution < -0.4 is 9.64 Å². The van der Waals surface area contributed by atoms with E-state index in [0.29, 0.717) is 24.4 Å². The molecule has 1 fully saturated rings. The van der Waals surface area contributed by atoms with Gasteiger partial charge in [0.15, 0.2) is 0 Å². The molecule has 2 aliphatic rings. The Hall–Kier alpha value is -2.09. The number of nitrogens with zero attached hydrogens (tertiary/aromatic N) is 2. The third kappa shape index (κ3) is 2.98. The first-order valence-corrected chi connectivity index (χ1v) is 7.64. The van der Waals surface area contributed by atoms with Crippen LogP contribution in [-0.4, -0.2) is 49.6 Å². The Morgan fingerprint density at radius 1 is 1.29 bits per heavy atom. The zero-order chi connectivity index (χ0) is 17.5. The molecular formula is C16H17F3N2O3. The van der Waals surface area contributed by atoms with Crippen molar-refractivity contribution in [2.24, 2.45) is 5.92 Å². The van der Waals surface area contributed by atoms with E-state index < -0.39 is 23.8 Å². The van der Waals surface area contributed by atoms with E-state index >= 15 is 0 Å². The van der Waals surface area contributed by atoms with Crippen molar-refractivity contribution in [1.29, 1.82) is 0 Å². The molecule has 1 amide bonds. The van der Waals surface area contributed by atoms with Gasteiger partial charge in [0, 0.05) is 12.6 Å². The number of piperidine rings is 1. The van der Waals surface area contributed by atoms with E-state index in [1.165, 1.54) is 18.1 Å². The molecule has 2 aliphatic heterocycles. The summed E-state index contributed by atoms with van der Waals surface area (Å²) in [5.41, 5.74) is 0.642. The molecule has 24 heavy (non-hydrogen) atoms. The van der Waals surface area contributed by atoms with Crippen molar-refractivity contribution in [1.82, 2.24) is 4.90 Å². The van der Waals surface area contributed by atoms with Crippen LogP contribution in [0.5, 0.6) is 5.75 Å². The molecule has 0 aliphatic carbocycles. The van der Waals surface area contributed by atoms with Crippen LogP contribution in [0.3, 0.4) is 0 Å². The summed E-state index contributed by atoms with van der Waals surface area (Å²) < 4.78 is 43.9. The summed E-state index contributed by atoms with van der Waals surface area (Å²) in [6.07, 6.45) is -3.74. The first-order valence-electron chi connectivity index (χ1n) is 7.64. The molecule has 0 radical (unpaired) electrons. The Balaban J connectivity index is 1.81. The van der Waals surface area contributed by atoms with Crippen LogP contribution in [0, 0.1) is 5.92 Å². The minimum absolute atomic E-state index is 0.0304. The van der Waals surface area contributed by atoms with Crippen molar-refractivity contribution in [3.05, 3.63) is 23.8 Å². The van der Waals surface area contributed by atoms with E-state index in [0.717, 1.165) is 0 Å². The van der Waals surface area contributed by atoms with E-state index in [2.05, 4.69) is 0 Å². The van der Waals surface area contributed by atoms with Crippen molar-refractivity contribution in [2.75, 3.05) is 31.8 Å². The van der Waals surface area contributed by atoms with Crippen molar-refractivity contribution in [3.8, 4) is 5.75 Å². The predicted molar refractivity (Wildman–Crippen MR) is 80.0 cm³/mol. The van der Waals surface area contributed by atoms with Gasteiger partial charge in [-0.2, -0.15) is 13.2 Å². The highest BCUT2D eigenvalue weighted by Gasteiger charge is 2.43. The molecule has 0 N–H and O–H groups in total. The summed E-state index contributed by atoms with van der Waals surface area (Å²) in [6, 6.07) is 4.64. The molecule has 5 nitrogen and oxygen atoms in total. The SMILES string of the molecule is COc1ccc2c(c1)N(CN1CCC[C@H](C(F)(F)F)C1)C(=O)C2=O. The van der Waals surface area contributed by atoms with E-state index in [1.807, 2.05) is 0 Å². The molecule has 1 aromatic carbocycles. The van der Waals surface area contributed by atoms with Gasteiger partial charge < -0.3 is 4.74 Å². The zero-order valence-electron chi connectivity index (χ0n) is 13.1. The average molecular weight is 342 g/mol. The lowest BCUT2D eigenvalue weighted by Crippen LogP contribution is -2.48. The highest BCUT2D eigenvalue weighted by atomic mass is 19.4. The number of amides is 1. The van der Waals surface area contributed by atoms with Crippen LogP contribution >= 0.6 is 0 Å². The second kappa shape index (κ2) is 6.08. The van der Waals surface area contributed by atoms with Gasteiger partial charge in [-0.15, -0.1) is 0 Å². The van der Waals surface area contributed by atoms with Gasteiger partial charge in [-0.1, -0.05) is 0 Å². The number of hydrogen-bond acceptors (Lipinski definition) is 4. The Kier molecular flexibility index (Phi) is 4.25. The third-order valence-corrected chi connectivity index (χ3v) is 4.49. The predicted octanol–water partition coefficient (Wildman–Crippen LogP) is 2.46. The van der Waals surface area contributed by atoms with Crippen molar-refractivity contribution < 1.29 is 27.5 Å². The Labute approximate surface area is 137 Å². The van der Waals surface area contributed by atoms with Gasteiger partial charge in [-0.05, 0) is 31.5 Å². The monoisotopic (exact) mass is 342 g/mol. The maximum Gasteiger partial charge on any atom is 0.393 e. The van der Waals surface area contributed by atoms with Gasteiger partial charge in [0.2, 0.25) is 0 Å². The zero-order valence-corrected chi connectivity index (χ0v) is 13.1. The van der Waals surface area contributed by atoms with Gasteiger partial charge in [-0.25, -0.2) is 0 Å². The largest absolute Gasteiger partial charge is 0.497 e. The summed E-state index contributed by atoms with van der Waals surface area (Å²) in [6.45, 7) is 0.266. The Morgan fingerprint density at radius 3 is 2.71 bits per heavy atom. The molecule has 3 rings (SSSR count). The fraction of sp³-hybridized carbons (Fsp3) is 0.500. The second-order valence-electron chi connectivity index (χ2n) is 6.04. The fourth-order valence-electron chi connectivity index (χ4n) is 3.19. The molecule has 0 unspecified atom stereocenters. The van der Waals surface area contributed by atoms with Gasteiger partial charge in [0.05, 0.1) is 30.9 Å². The summed E-state index contributed by atoms with van der Waals surface area (Å²) >= 11 is 0. The maximum absolute atomic E-state index is 12.9. The number of carbonyl (C=O) groups excluding carboxylic acids is 2. The number of carbonyl (C=O) groups is 2. The van der Waals surface area contributed by atoms with Crippen LogP contribution in [0.4, 0.5) is 18.9 Å². The van der Waals surface area contributed by atoms with Gasteiger partial charge in [0.1, 0.15) is 5.75 Å². The number of anilines is 1. The van der Waals surface area contributed by atoms with Crippen LogP contribution in [0.1, 0.15) is 23.2 Å². The number of benzene rings is 1. The molecule has 1 saturated heterocycles. The number of halogens is 3. The number of likely N-dealkylation sites (tertiary alicyclic amines) is 1. The Bertz CT molecular complexity index is 675. The number of methoxy groups -OCH3 is 1. The lowest BCUT2D eigenvalue weighted by molar-refractivity contribution is -0.186. The summed E-state index contributed by atoms with van der Waals surface area (Å²) in [5, 5.41) is 0. The van der Waals surface area contributed by atoms with Crippen molar-refractivity contribution >= 4 is 17.4 Å². The van der Waals surface area contributed by atoms with E-state index in [4.69, 9.17) is 4.74 Å². The van der Waals surface area contributed by atoms with Crippen LogP contribution in [-0.2, 0) is 4.79 Å². The van der Waals surface area contributed by atoms with Crippen molar-refractivity contribution in [2.45, 2.75) is 19.0 Å². The molecular weight excluding hydrogens is 325 g/mol. The Morgan fingerprint density at radius 2 is 2.04 bits per heavy atom. The highest BCUT2D eigenvalue weighted by Crippen LogP contribution is 2.35. The third-order valence-electron chi connectivity index (χ3n) is 4.49. The summed E-state index contributed by atoms with van der Waals surface area (Å²) in [5.74, 6) is -2.28. The van der Waals surface area contributed by atoms with E-state index in [9.17, 15) is 22.8 Å². The van der Waals surface area contributed by atoms with Crippen LogP contribution in [0.25, 0.3) is 0 Å². The second-order valence-corrected chi connectivity index (χ2v) is 6.04. The molecule has 0 saturated carbocycles. The summed E-state index contributed by atoms with van der Waals surface area (Å²) in [4.78, 5) is 27.0. The normalized spacial score (nSPS) is 22.0. The fourth-order valence-corrected chi connectivity index (χ4v) is 3.19. The molecule has 130 valence electrons. The maximum atomic E-state index is 12.9. The van der Waals surface area contributed by atoms with Crippen LogP contribution in [0.15, 0.2) is 18.2 Å². The lowest BCUT2D eigenvalue weighted by atomic mass is 9.98. The molecule has 0 spiro atoms. The minimum atomic E-state index is -4.25. The number of fused-ring (bicyclic) bond motifs is 1. The molecule has 0 aromatic heterocycles. The van der Waals surface area contributed by atoms with Gasteiger partial charge in [-0.3, -0.25) is 19.4 Å². The smallest absolute Gasteiger partial charge is 0.393 e. The minimum Gasteiger partial charge on any atom is -0.497 e. The average Bonchev–Trinajstić information content (AvgIpc) is 2.79. The first-order chi connectivity index (χ1) is 11.3. The molecule has 8 heteroatoms. The number of ether oxygens (including phenoxy) is 1.